The highest BCUT2D eigenvalue weighted by atomic mass is 32.2. The van der Waals surface area contributed by atoms with Gasteiger partial charge in [0.1, 0.15) is 6.54 Å². The third kappa shape index (κ3) is 4.97. The van der Waals surface area contributed by atoms with Crippen molar-refractivity contribution in [3.05, 3.63) is 58.5 Å². The Morgan fingerprint density at radius 1 is 1.24 bits per heavy atom. The van der Waals surface area contributed by atoms with Gasteiger partial charge in [0, 0.05) is 5.69 Å². The molecule has 1 aliphatic rings. The van der Waals surface area contributed by atoms with Crippen molar-refractivity contribution >= 4 is 40.6 Å². The monoisotopic (exact) mass is 412 g/mol. The van der Waals surface area contributed by atoms with Gasteiger partial charge in [0.15, 0.2) is 11.5 Å². The van der Waals surface area contributed by atoms with Gasteiger partial charge in [0.05, 0.1) is 11.5 Å². The molecule has 3 rings (SSSR count). The third-order valence-corrected chi connectivity index (χ3v) is 4.97. The number of imide groups is 1. The van der Waals surface area contributed by atoms with Crippen LogP contribution in [0, 0.1) is 6.92 Å². The average molecular weight is 412 g/mol. The quantitative estimate of drug-likeness (QED) is 0.701. The summed E-state index contributed by atoms with van der Waals surface area (Å²) in [5.74, 6) is -0.712. The lowest BCUT2D eigenvalue weighted by molar-refractivity contribution is -0.127. The normalized spacial score (nSPS) is 15.1. The summed E-state index contributed by atoms with van der Waals surface area (Å²) in [7, 11) is 0. The van der Waals surface area contributed by atoms with Crippen LogP contribution in [0.2, 0.25) is 0 Å². The van der Waals surface area contributed by atoms with Crippen LogP contribution >= 0.6 is 11.8 Å². The number of carbonyl (C=O) groups excluding carboxylic acids is 3. The number of phenols is 1. The number of benzene rings is 2. The molecule has 2 aromatic carbocycles. The molecule has 1 heterocycles. The number of thioether (sulfide) groups is 1. The van der Waals surface area contributed by atoms with E-state index < -0.39 is 17.1 Å². The Balaban J connectivity index is 1.71. The van der Waals surface area contributed by atoms with Crippen molar-refractivity contribution in [1.29, 1.82) is 0 Å². The molecule has 0 bridgehead atoms. The van der Waals surface area contributed by atoms with E-state index in [4.69, 9.17) is 4.74 Å². The van der Waals surface area contributed by atoms with Crippen molar-refractivity contribution < 1.29 is 24.2 Å². The average Bonchev–Trinajstić information content (AvgIpc) is 2.92. The van der Waals surface area contributed by atoms with Crippen molar-refractivity contribution in [3.63, 3.8) is 0 Å². The predicted molar refractivity (Wildman–Crippen MR) is 112 cm³/mol. The van der Waals surface area contributed by atoms with Crippen molar-refractivity contribution in [3.8, 4) is 11.5 Å². The number of hydrogen-bond donors (Lipinski definition) is 2. The first-order valence-corrected chi connectivity index (χ1v) is 9.76. The van der Waals surface area contributed by atoms with Crippen LogP contribution in [0.25, 0.3) is 6.08 Å². The van der Waals surface area contributed by atoms with Crippen molar-refractivity contribution in [2.24, 2.45) is 0 Å². The highest BCUT2D eigenvalue weighted by molar-refractivity contribution is 8.18. The topological polar surface area (TPSA) is 95.9 Å². The molecule has 150 valence electrons. The van der Waals surface area contributed by atoms with Gasteiger partial charge in [0.25, 0.3) is 11.1 Å². The molecule has 0 spiro atoms. The summed E-state index contributed by atoms with van der Waals surface area (Å²) in [4.78, 5) is 38.2. The maximum Gasteiger partial charge on any atom is 0.294 e. The first kappa shape index (κ1) is 20.5. The summed E-state index contributed by atoms with van der Waals surface area (Å²) in [6.45, 7) is 3.70. The van der Waals surface area contributed by atoms with Crippen LogP contribution in [-0.4, -0.2) is 40.2 Å². The van der Waals surface area contributed by atoms with Gasteiger partial charge in [-0.25, -0.2) is 0 Å². The minimum atomic E-state index is -0.537. The molecule has 1 fully saturated rings. The first-order chi connectivity index (χ1) is 13.9. The summed E-state index contributed by atoms with van der Waals surface area (Å²) in [6.07, 6.45) is 1.53. The molecule has 0 unspecified atom stereocenters. The van der Waals surface area contributed by atoms with E-state index in [1.54, 1.807) is 31.2 Å². The fourth-order valence-electron chi connectivity index (χ4n) is 2.75. The van der Waals surface area contributed by atoms with Gasteiger partial charge in [-0.2, -0.15) is 0 Å². The Bertz CT molecular complexity index is 1000. The zero-order chi connectivity index (χ0) is 21.0. The number of hydrogen-bond acceptors (Lipinski definition) is 6. The van der Waals surface area contributed by atoms with E-state index in [9.17, 15) is 19.5 Å². The molecule has 0 radical (unpaired) electrons. The molecule has 0 aliphatic carbocycles. The number of amides is 3. The van der Waals surface area contributed by atoms with Crippen LogP contribution in [0.3, 0.4) is 0 Å². The van der Waals surface area contributed by atoms with Gasteiger partial charge < -0.3 is 15.2 Å². The highest BCUT2D eigenvalue weighted by Crippen LogP contribution is 2.34. The van der Waals surface area contributed by atoms with Gasteiger partial charge in [-0.15, -0.1) is 0 Å². The largest absolute Gasteiger partial charge is 0.504 e. The Hall–Kier alpha value is -3.26. The number of nitrogens with one attached hydrogen (secondary N) is 1. The Morgan fingerprint density at radius 3 is 2.76 bits per heavy atom. The van der Waals surface area contributed by atoms with Crippen LogP contribution in [0.4, 0.5) is 10.5 Å². The standard InChI is InChI=1S/C21H20N2O5S/c1-3-28-17-10-14(7-8-16(17)24)11-18-20(26)23(21(27)29-18)12-19(25)22-15-6-4-5-13(2)9-15/h4-11,24H,3,12H2,1-2H3,(H,22,25)/b18-11-. The lowest BCUT2D eigenvalue weighted by atomic mass is 10.2. The van der Waals surface area contributed by atoms with Crippen molar-refractivity contribution in [1.82, 2.24) is 4.90 Å². The van der Waals surface area contributed by atoms with Gasteiger partial charge in [0.2, 0.25) is 5.91 Å². The number of phenolic OH excluding ortho intramolecular Hbond substituents is 1. The molecule has 2 aromatic rings. The molecule has 2 N–H and O–H groups in total. The molecule has 1 aliphatic heterocycles. The zero-order valence-corrected chi connectivity index (χ0v) is 16.8. The second-order valence-electron chi connectivity index (χ2n) is 6.35. The summed E-state index contributed by atoms with van der Waals surface area (Å²) in [6, 6.07) is 11.9. The molecule has 0 aromatic heterocycles. The molecule has 29 heavy (non-hydrogen) atoms. The maximum atomic E-state index is 12.6. The van der Waals surface area contributed by atoms with E-state index >= 15 is 0 Å². The Morgan fingerprint density at radius 2 is 2.03 bits per heavy atom. The van der Waals surface area contributed by atoms with E-state index in [2.05, 4.69) is 5.32 Å². The summed E-state index contributed by atoms with van der Waals surface area (Å²) < 4.78 is 5.33. The zero-order valence-electron chi connectivity index (χ0n) is 16.0. The number of aryl methyl sites for hydroxylation is 1. The number of carbonyl (C=O) groups is 3. The molecular formula is C21H20N2O5S. The summed E-state index contributed by atoms with van der Waals surface area (Å²) >= 11 is 0.766. The molecule has 8 heteroatoms. The number of anilines is 1. The molecule has 0 atom stereocenters. The van der Waals surface area contributed by atoms with Crippen LogP contribution < -0.4 is 10.1 Å². The Kier molecular flexibility index (Phi) is 6.23. The second-order valence-corrected chi connectivity index (χ2v) is 7.34. The predicted octanol–water partition coefficient (Wildman–Crippen LogP) is 3.77. The summed E-state index contributed by atoms with van der Waals surface area (Å²) in [5.41, 5.74) is 2.18. The second kappa shape index (κ2) is 8.83. The highest BCUT2D eigenvalue weighted by Gasteiger charge is 2.36. The van der Waals surface area contributed by atoms with Gasteiger partial charge in [-0.05, 0) is 67.1 Å². The van der Waals surface area contributed by atoms with Crippen molar-refractivity contribution in [2.45, 2.75) is 13.8 Å². The van der Waals surface area contributed by atoms with E-state index in [0.717, 1.165) is 22.2 Å². The van der Waals surface area contributed by atoms with Gasteiger partial charge >= 0.3 is 0 Å². The molecule has 3 amide bonds. The first-order valence-electron chi connectivity index (χ1n) is 8.95. The number of aromatic hydroxyl groups is 1. The van der Waals surface area contributed by atoms with E-state index in [-0.39, 0.29) is 22.9 Å². The third-order valence-electron chi connectivity index (χ3n) is 4.06. The fraction of sp³-hybridized carbons (Fsp3) is 0.190. The lowest BCUT2D eigenvalue weighted by Gasteiger charge is -2.12. The lowest BCUT2D eigenvalue weighted by Crippen LogP contribution is -2.36. The van der Waals surface area contributed by atoms with E-state index in [1.165, 1.54) is 12.1 Å². The minimum Gasteiger partial charge on any atom is -0.504 e. The van der Waals surface area contributed by atoms with Crippen LogP contribution in [0.1, 0.15) is 18.1 Å². The molecule has 7 nitrogen and oxygen atoms in total. The smallest absolute Gasteiger partial charge is 0.294 e. The molecule has 0 saturated carbocycles. The van der Waals surface area contributed by atoms with Crippen LogP contribution in [-0.2, 0) is 9.59 Å². The SMILES string of the molecule is CCOc1cc(/C=C2\SC(=O)N(CC(=O)Nc3cccc(C)c3)C2=O)ccc1O. The number of ether oxygens (including phenoxy) is 1. The van der Waals surface area contributed by atoms with Crippen molar-refractivity contribution in [2.75, 3.05) is 18.5 Å². The van der Waals surface area contributed by atoms with Crippen LogP contribution in [0.5, 0.6) is 11.5 Å². The van der Waals surface area contributed by atoms with Gasteiger partial charge in [-0.1, -0.05) is 18.2 Å². The Labute approximate surface area is 172 Å². The number of rotatable bonds is 6. The van der Waals surface area contributed by atoms with Gasteiger partial charge in [-0.3, -0.25) is 19.3 Å². The molecular weight excluding hydrogens is 392 g/mol. The fourth-order valence-corrected chi connectivity index (χ4v) is 3.58. The summed E-state index contributed by atoms with van der Waals surface area (Å²) in [5, 5.41) is 12.0. The number of nitrogens with zero attached hydrogens (tertiary/aromatic N) is 1. The van der Waals surface area contributed by atoms with E-state index in [1.807, 2.05) is 19.1 Å². The molecule has 1 saturated heterocycles. The van der Waals surface area contributed by atoms with E-state index in [0.29, 0.717) is 17.9 Å². The minimum absolute atomic E-state index is 0.00933. The maximum absolute atomic E-state index is 12.6. The van der Waals surface area contributed by atoms with Crippen LogP contribution in [0.15, 0.2) is 47.4 Å².